The second-order valence-corrected chi connectivity index (χ2v) is 8.03. The van der Waals surface area contributed by atoms with Crippen LogP contribution in [0.4, 0.5) is 8.78 Å². The maximum Gasteiger partial charge on any atom is 0.275 e. The number of hydrogen-bond donors (Lipinski definition) is 1. The topological polar surface area (TPSA) is 75.4 Å². The smallest absolute Gasteiger partial charge is 0.275 e. The summed E-state index contributed by atoms with van der Waals surface area (Å²) in [6.45, 7) is 0.221. The third-order valence-corrected chi connectivity index (χ3v) is 6.27. The molecular weight excluding hydrogens is 404 g/mol. The number of benzene rings is 2. The van der Waals surface area contributed by atoms with E-state index >= 15 is 0 Å². The highest BCUT2D eigenvalue weighted by Gasteiger charge is 2.40. The first-order chi connectivity index (χ1) is 14.9. The number of carbonyl (C=O) groups is 1. The van der Waals surface area contributed by atoms with E-state index in [0.29, 0.717) is 18.4 Å². The zero-order chi connectivity index (χ0) is 21.9. The van der Waals surface area contributed by atoms with Crippen LogP contribution < -0.4 is 5.43 Å². The van der Waals surface area contributed by atoms with E-state index < -0.39 is 29.0 Å². The van der Waals surface area contributed by atoms with Crippen LogP contribution in [0.3, 0.4) is 0 Å². The molecule has 2 unspecified atom stereocenters. The summed E-state index contributed by atoms with van der Waals surface area (Å²) in [5, 5.41) is 14.5. The van der Waals surface area contributed by atoms with Crippen LogP contribution in [0.1, 0.15) is 44.7 Å². The Labute approximate surface area is 176 Å². The summed E-state index contributed by atoms with van der Waals surface area (Å²) < 4.78 is 30.2. The fourth-order valence-electron chi connectivity index (χ4n) is 4.84. The number of likely N-dealkylation sites (N-methyl/N-ethyl adjacent to an activating group) is 1. The Hall–Kier alpha value is -3.55. The summed E-state index contributed by atoms with van der Waals surface area (Å²) in [7, 11) is 1.57. The Bertz CT molecular complexity index is 1290. The molecule has 0 radical (unpaired) electrons. The Kier molecular flexibility index (Phi) is 4.39. The summed E-state index contributed by atoms with van der Waals surface area (Å²) in [5.74, 6) is -2.37. The number of hydrogen-bond acceptors (Lipinski definition) is 4. The van der Waals surface area contributed by atoms with Crippen LogP contribution in [0, 0.1) is 11.6 Å². The SMILES string of the molecule is CN1CC(C2c3ccc(F)cc3CCc3c(F)cccc32)n2ncc(=O)c(O)c2C1=O. The Balaban J connectivity index is 1.81. The van der Waals surface area contributed by atoms with E-state index in [1.165, 1.54) is 27.8 Å². The number of halogens is 2. The van der Waals surface area contributed by atoms with E-state index in [9.17, 15) is 23.5 Å². The molecule has 0 spiro atoms. The second-order valence-electron chi connectivity index (χ2n) is 8.03. The largest absolute Gasteiger partial charge is 0.502 e. The molecule has 1 amide bonds. The maximum absolute atomic E-state index is 14.8. The van der Waals surface area contributed by atoms with Gasteiger partial charge < -0.3 is 10.0 Å². The average molecular weight is 423 g/mol. The molecule has 31 heavy (non-hydrogen) atoms. The van der Waals surface area contributed by atoms with Crippen LogP contribution in [0.25, 0.3) is 0 Å². The van der Waals surface area contributed by atoms with E-state index in [2.05, 4.69) is 5.10 Å². The maximum atomic E-state index is 14.8. The number of nitrogens with zero attached hydrogens (tertiary/aromatic N) is 3. The molecule has 8 heteroatoms. The van der Waals surface area contributed by atoms with Crippen molar-refractivity contribution in [3.05, 3.63) is 92.4 Å². The third-order valence-electron chi connectivity index (χ3n) is 6.27. The lowest BCUT2D eigenvalue weighted by molar-refractivity contribution is 0.0686. The van der Waals surface area contributed by atoms with Crippen LogP contribution >= 0.6 is 0 Å². The van der Waals surface area contributed by atoms with E-state index in [4.69, 9.17) is 0 Å². The second kappa shape index (κ2) is 7.01. The van der Waals surface area contributed by atoms with Gasteiger partial charge in [-0.05, 0) is 53.3 Å². The molecule has 0 fully saturated rings. The van der Waals surface area contributed by atoms with Crippen molar-refractivity contribution >= 4 is 5.91 Å². The van der Waals surface area contributed by atoms with Gasteiger partial charge >= 0.3 is 0 Å². The number of aromatic hydroxyl groups is 1. The molecule has 1 aromatic heterocycles. The minimum atomic E-state index is -0.747. The highest BCUT2D eigenvalue weighted by atomic mass is 19.1. The number of amides is 1. The lowest BCUT2D eigenvalue weighted by Crippen LogP contribution is -2.45. The summed E-state index contributed by atoms with van der Waals surface area (Å²) in [6.07, 6.45) is 1.85. The van der Waals surface area contributed by atoms with Gasteiger partial charge in [0.2, 0.25) is 5.43 Å². The van der Waals surface area contributed by atoms with E-state index in [-0.39, 0.29) is 23.9 Å². The number of aromatic nitrogens is 2. The highest BCUT2D eigenvalue weighted by molar-refractivity contribution is 5.95. The molecule has 2 aliphatic rings. The van der Waals surface area contributed by atoms with Crippen molar-refractivity contribution in [2.75, 3.05) is 13.6 Å². The minimum absolute atomic E-state index is 0.197. The van der Waals surface area contributed by atoms with Crippen molar-refractivity contribution in [2.45, 2.75) is 24.8 Å². The van der Waals surface area contributed by atoms with Crippen molar-refractivity contribution in [1.82, 2.24) is 14.7 Å². The zero-order valence-electron chi connectivity index (χ0n) is 16.7. The average Bonchev–Trinajstić information content (AvgIpc) is 2.90. The van der Waals surface area contributed by atoms with Crippen molar-refractivity contribution in [1.29, 1.82) is 0 Å². The summed E-state index contributed by atoms with van der Waals surface area (Å²) >= 11 is 0. The van der Waals surface area contributed by atoms with Gasteiger partial charge in [0.25, 0.3) is 5.91 Å². The first-order valence-corrected chi connectivity index (χ1v) is 9.98. The quantitative estimate of drug-likeness (QED) is 0.653. The number of aryl methyl sites for hydroxylation is 1. The Morgan fingerprint density at radius 1 is 1.10 bits per heavy atom. The molecule has 3 aromatic rings. The molecule has 1 aliphatic heterocycles. The number of fused-ring (bicyclic) bond motifs is 3. The van der Waals surface area contributed by atoms with Crippen LogP contribution in [-0.2, 0) is 12.8 Å². The standard InChI is InChI=1S/C23H19F2N3O3/c1-27-11-18(28-21(23(27)31)22(30)19(29)10-26-28)20-14-8-6-13(24)9-12(14)5-7-15-16(20)3-2-4-17(15)25/h2-4,6,8-10,18,20,30H,5,7,11H2,1H3. The lowest BCUT2D eigenvalue weighted by atomic mass is 9.81. The van der Waals surface area contributed by atoms with Gasteiger partial charge in [-0.15, -0.1) is 0 Å². The van der Waals surface area contributed by atoms with Crippen molar-refractivity contribution in [3.63, 3.8) is 0 Å². The molecule has 2 atom stereocenters. The van der Waals surface area contributed by atoms with Gasteiger partial charge in [0.15, 0.2) is 11.4 Å². The van der Waals surface area contributed by atoms with Crippen molar-refractivity contribution in [3.8, 4) is 5.75 Å². The monoisotopic (exact) mass is 423 g/mol. The van der Waals surface area contributed by atoms with E-state index in [0.717, 1.165) is 22.9 Å². The molecule has 0 saturated carbocycles. The molecule has 158 valence electrons. The molecule has 1 aliphatic carbocycles. The molecular formula is C23H19F2N3O3. The summed E-state index contributed by atoms with van der Waals surface area (Å²) in [5.41, 5.74) is 1.89. The zero-order valence-corrected chi connectivity index (χ0v) is 16.7. The first-order valence-electron chi connectivity index (χ1n) is 9.98. The normalized spacial score (nSPS) is 20.0. The van der Waals surface area contributed by atoms with Crippen molar-refractivity contribution < 1.29 is 18.7 Å². The molecule has 0 saturated heterocycles. The molecule has 5 rings (SSSR count). The third kappa shape index (κ3) is 2.93. The Morgan fingerprint density at radius 2 is 1.90 bits per heavy atom. The first kappa shape index (κ1) is 19.4. The predicted molar refractivity (Wildman–Crippen MR) is 108 cm³/mol. The molecule has 2 heterocycles. The van der Waals surface area contributed by atoms with Crippen molar-refractivity contribution in [2.24, 2.45) is 0 Å². The summed E-state index contributed by atoms with van der Waals surface area (Å²) in [4.78, 5) is 26.1. The van der Waals surface area contributed by atoms with Gasteiger partial charge in [-0.1, -0.05) is 18.2 Å². The van der Waals surface area contributed by atoms with E-state index in [1.807, 2.05) is 6.07 Å². The fraction of sp³-hybridized carbons (Fsp3) is 0.261. The van der Waals surface area contributed by atoms with Crippen LogP contribution in [-0.4, -0.2) is 39.3 Å². The van der Waals surface area contributed by atoms with Crippen LogP contribution in [0.2, 0.25) is 0 Å². The van der Waals surface area contributed by atoms with Gasteiger partial charge in [-0.25, -0.2) is 8.78 Å². The van der Waals surface area contributed by atoms with Gasteiger partial charge in [0.1, 0.15) is 11.6 Å². The van der Waals surface area contributed by atoms with Gasteiger partial charge in [-0.3, -0.25) is 14.3 Å². The van der Waals surface area contributed by atoms with Gasteiger partial charge in [-0.2, -0.15) is 5.10 Å². The fourth-order valence-corrected chi connectivity index (χ4v) is 4.84. The lowest BCUT2D eigenvalue weighted by Gasteiger charge is -2.38. The predicted octanol–water partition coefficient (Wildman–Crippen LogP) is 2.78. The molecule has 0 bridgehead atoms. The highest BCUT2D eigenvalue weighted by Crippen LogP contribution is 2.44. The van der Waals surface area contributed by atoms with Crippen LogP contribution in [0.5, 0.6) is 5.75 Å². The minimum Gasteiger partial charge on any atom is -0.502 e. The van der Waals surface area contributed by atoms with Gasteiger partial charge in [0.05, 0.1) is 12.2 Å². The number of rotatable bonds is 1. The Morgan fingerprint density at radius 3 is 2.71 bits per heavy atom. The molecule has 6 nitrogen and oxygen atoms in total. The number of carbonyl (C=O) groups excluding carboxylic acids is 1. The summed E-state index contributed by atoms with van der Waals surface area (Å²) in [6, 6.07) is 8.84. The molecule has 1 N–H and O–H groups in total. The van der Waals surface area contributed by atoms with Crippen LogP contribution in [0.15, 0.2) is 47.4 Å². The van der Waals surface area contributed by atoms with E-state index in [1.54, 1.807) is 19.2 Å². The molecule has 2 aromatic carbocycles. The van der Waals surface area contributed by atoms with Gasteiger partial charge in [0, 0.05) is 19.5 Å².